The quantitative estimate of drug-likeness (QED) is 0.673. The van der Waals surface area contributed by atoms with Gasteiger partial charge in [-0.25, -0.2) is 4.79 Å². The van der Waals surface area contributed by atoms with Gasteiger partial charge in [0.25, 0.3) is 0 Å². The zero-order chi connectivity index (χ0) is 11.9. The number of nitrogens with zero attached hydrogens (tertiary/aromatic N) is 1. The monoisotopic (exact) mass is 220 g/mol. The zero-order valence-corrected chi connectivity index (χ0v) is 8.88. The van der Waals surface area contributed by atoms with Crippen molar-refractivity contribution in [2.75, 3.05) is 0 Å². The highest BCUT2D eigenvalue weighted by molar-refractivity contribution is 5.93. The Balaban J connectivity index is 2.67. The number of alkyl halides is 2. The Labute approximate surface area is 86.5 Å². The molecule has 86 valence electrons. The van der Waals surface area contributed by atoms with Crippen molar-refractivity contribution in [3.8, 4) is 0 Å². The third-order valence-electron chi connectivity index (χ3n) is 1.80. The van der Waals surface area contributed by atoms with Crippen LogP contribution in [0.2, 0.25) is 0 Å². The molecular formula is C9H14F2N2O2. The van der Waals surface area contributed by atoms with Crippen molar-refractivity contribution in [2.45, 2.75) is 44.8 Å². The van der Waals surface area contributed by atoms with E-state index in [1.54, 1.807) is 20.8 Å². The number of nitrogens with two attached hydrogens (primary N) is 1. The Morgan fingerprint density at radius 3 is 2.47 bits per heavy atom. The van der Waals surface area contributed by atoms with Gasteiger partial charge in [0.2, 0.25) is 0 Å². The van der Waals surface area contributed by atoms with Gasteiger partial charge in [-0.2, -0.15) is 8.78 Å². The van der Waals surface area contributed by atoms with E-state index in [9.17, 15) is 13.6 Å². The van der Waals surface area contributed by atoms with Gasteiger partial charge in [-0.3, -0.25) is 4.99 Å². The lowest BCUT2D eigenvalue weighted by molar-refractivity contribution is -0.157. The Bertz CT molecular complexity index is 308. The van der Waals surface area contributed by atoms with Crippen molar-refractivity contribution >= 4 is 11.8 Å². The average molecular weight is 220 g/mol. The van der Waals surface area contributed by atoms with Crippen LogP contribution in [0.15, 0.2) is 4.99 Å². The summed E-state index contributed by atoms with van der Waals surface area (Å²) in [6.07, 6.45) is -0.701. The zero-order valence-electron chi connectivity index (χ0n) is 8.88. The Morgan fingerprint density at radius 2 is 2.13 bits per heavy atom. The molecule has 4 nitrogen and oxygen atoms in total. The third kappa shape index (κ3) is 2.87. The third-order valence-corrected chi connectivity index (χ3v) is 1.80. The molecule has 0 aromatic heterocycles. The molecule has 0 aromatic rings. The molecule has 0 spiro atoms. The first-order chi connectivity index (χ1) is 6.62. The Morgan fingerprint density at radius 1 is 1.60 bits per heavy atom. The van der Waals surface area contributed by atoms with Crippen LogP contribution in [0.4, 0.5) is 8.78 Å². The molecule has 2 N–H and O–H groups in total. The largest absolute Gasteiger partial charge is 0.458 e. The van der Waals surface area contributed by atoms with Crippen LogP contribution in [-0.4, -0.2) is 29.4 Å². The summed E-state index contributed by atoms with van der Waals surface area (Å²) in [5.41, 5.74) is 4.29. The van der Waals surface area contributed by atoms with Crippen LogP contribution in [0.5, 0.6) is 0 Å². The topological polar surface area (TPSA) is 64.7 Å². The summed E-state index contributed by atoms with van der Waals surface area (Å²) in [7, 11) is 0. The standard InChI is InChI=1S/C9H14F2N2O2/c1-8(2,3)15-6(14)5-4-9(10,11)7(12)13-5/h5H,4H2,1-3H3,(H2,12,13)/t5-/m0/s1. The van der Waals surface area contributed by atoms with E-state index >= 15 is 0 Å². The van der Waals surface area contributed by atoms with Crippen molar-refractivity contribution < 1.29 is 18.3 Å². The van der Waals surface area contributed by atoms with Crippen molar-refractivity contribution in [2.24, 2.45) is 10.7 Å². The molecule has 6 heteroatoms. The molecular weight excluding hydrogens is 206 g/mol. The van der Waals surface area contributed by atoms with Crippen LogP contribution in [0.1, 0.15) is 27.2 Å². The SMILES string of the molecule is CC(C)(C)OC(=O)[C@@H]1CC(F)(F)C(N)=N1. The summed E-state index contributed by atoms with van der Waals surface area (Å²) in [6, 6.07) is -1.18. The molecule has 15 heavy (non-hydrogen) atoms. The van der Waals surface area contributed by atoms with Gasteiger partial charge < -0.3 is 10.5 Å². The molecule has 1 heterocycles. The smallest absolute Gasteiger partial charge is 0.331 e. The first-order valence-corrected chi connectivity index (χ1v) is 4.56. The molecule has 0 amide bonds. The molecule has 1 rings (SSSR count). The number of carbonyl (C=O) groups is 1. The summed E-state index contributed by atoms with van der Waals surface area (Å²) < 4.78 is 30.8. The Hall–Kier alpha value is -1.20. The first-order valence-electron chi connectivity index (χ1n) is 4.56. The fraction of sp³-hybridized carbons (Fsp3) is 0.778. The van der Waals surface area contributed by atoms with Gasteiger partial charge >= 0.3 is 11.9 Å². The van der Waals surface area contributed by atoms with Crippen LogP contribution < -0.4 is 5.73 Å². The number of amidine groups is 1. The lowest BCUT2D eigenvalue weighted by Crippen LogP contribution is -2.33. The van der Waals surface area contributed by atoms with E-state index in [0.29, 0.717) is 0 Å². The summed E-state index contributed by atoms with van der Waals surface area (Å²) in [5.74, 6) is -4.75. The number of esters is 1. The normalized spacial score (nSPS) is 24.9. The van der Waals surface area contributed by atoms with E-state index in [4.69, 9.17) is 10.5 Å². The summed E-state index contributed by atoms with van der Waals surface area (Å²) in [5, 5.41) is 0. The number of ether oxygens (including phenoxy) is 1. The van der Waals surface area contributed by atoms with E-state index in [0.717, 1.165) is 0 Å². The molecule has 1 aliphatic heterocycles. The number of hydrogen-bond donors (Lipinski definition) is 1. The van der Waals surface area contributed by atoms with Crippen LogP contribution in [0.25, 0.3) is 0 Å². The average Bonchev–Trinajstić information content (AvgIpc) is 2.23. The maximum atomic E-state index is 12.9. The molecule has 0 unspecified atom stereocenters. The number of halogens is 2. The molecule has 0 radical (unpaired) electrons. The van der Waals surface area contributed by atoms with Gasteiger partial charge in [0.05, 0.1) is 6.42 Å². The number of hydrogen-bond acceptors (Lipinski definition) is 4. The number of carbonyl (C=O) groups excluding carboxylic acids is 1. The molecule has 0 saturated carbocycles. The lowest BCUT2D eigenvalue weighted by Gasteiger charge is -2.21. The van der Waals surface area contributed by atoms with E-state index in [2.05, 4.69) is 4.99 Å². The second-order valence-corrected chi connectivity index (χ2v) is 4.47. The van der Waals surface area contributed by atoms with Crippen LogP contribution in [-0.2, 0) is 9.53 Å². The van der Waals surface area contributed by atoms with E-state index < -0.39 is 35.8 Å². The second-order valence-electron chi connectivity index (χ2n) is 4.47. The van der Waals surface area contributed by atoms with Gasteiger partial charge in [0, 0.05) is 0 Å². The van der Waals surface area contributed by atoms with Gasteiger partial charge in [0.1, 0.15) is 5.60 Å². The Kier molecular flexibility index (Phi) is 2.71. The minimum absolute atomic E-state index is 0.701. The predicted molar refractivity (Wildman–Crippen MR) is 50.8 cm³/mol. The predicted octanol–water partition coefficient (Wildman–Crippen LogP) is 1.09. The van der Waals surface area contributed by atoms with Crippen LogP contribution in [0, 0.1) is 0 Å². The molecule has 0 aromatic carbocycles. The molecule has 0 bridgehead atoms. The second kappa shape index (κ2) is 3.43. The van der Waals surface area contributed by atoms with Gasteiger partial charge in [-0.15, -0.1) is 0 Å². The van der Waals surface area contributed by atoms with Gasteiger partial charge in [-0.1, -0.05) is 0 Å². The van der Waals surface area contributed by atoms with Crippen molar-refractivity contribution in [1.29, 1.82) is 0 Å². The van der Waals surface area contributed by atoms with Gasteiger partial charge in [-0.05, 0) is 20.8 Å². The lowest BCUT2D eigenvalue weighted by atomic mass is 10.1. The fourth-order valence-electron chi connectivity index (χ4n) is 1.16. The van der Waals surface area contributed by atoms with Crippen LogP contribution >= 0.6 is 0 Å². The molecule has 1 aliphatic rings. The maximum absolute atomic E-state index is 12.9. The number of aliphatic imine (C=N–C) groups is 1. The van der Waals surface area contributed by atoms with Crippen molar-refractivity contribution in [1.82, 2.24) is 0 Å². The first kappa shape index (κ1) is 11.9. The van der Waals surface area contributed by atoms with Crippen molar-refractivity contribution in [3.05, 3.63) is 0 Å². The molecule has 1 atom stereocenters. The van der Waals surface area contributed by atoms with Crippen molar-refractivity contribution in [3.63, 3.8) is 0 Å². The molecule has 0 saturated heterocycles. The highest BCUT2D eigenvalue weighted by Crippen LogP contribution is 2.29. The highest BCUT2D eigenvalue weighted by Gasteiger charge is 2.46. The summed E-state index contributed by atoms with van der Waals surface area (Å²) >= 11 is 0. The molecule has 0 fully saturated rings. The van der Waals surface area contributed by atoms with Crippen LogP contribution in [0.3, 0.4) is 0 Å². The highest BCUT2D eigenvalue weighted by atomic mass is 19.3. The van der Waals surface area contributed by atoms with E-state index in [1.165, 1.54) is 0 Å². The number of rotatable bonds is 1. The minimum atomic E-state index is -3.19. The molecule has 0 aliphatic carbocycles. The minimum Gasteiger partial charge on any atom is -0.458 e. The fourth-order valence-corrected chi connectivity index (χ4v) is 1.16. The van der Waals surface area contributed by atoms with E-state index in [-0.39, 0.29) is 0 Å². The van der Waals surface area contributed by atoms with Gasteiger partial charge in [0.15, 0.2) is 11.9 Å². The summed E-state index contributed by atoms with van der Waals surface area (Å²) in [4.78, 5) is 14.8. The van der Waals surface area contributed by atoms with E-state index in [1.807, 2.05) is 0 Å². The maximum Gasteiger partial charge on any atom is 0.331 e. The summed E-state index contributed by atoms with van der Waals surface area (Å²) in [6.45, 7) is 4.97.